The number of carbonyl (C=O) groups is 1. The van der Waals surface area contributed by atoms with Crippen LogP contribution in [0.25, 0.3) is 0 Å². The summed E-state index contributed by atoms with van der Waals surface area (Å²) in [5, 5.41) is 2.96. The first kappa shape index (κ1) is 14.7. The predicted molar refractivity (Wildman–Crippen MR) is 80.5 cm³/mol. The third kappa shape index (κ3) is 4.44. The standard InChI is InChI=1S/C16H24N2O2/c1-12-2-4-13(5-3-12)16(19)18-10-11-20-15-8-6-14(17)7-9-15/h6-9,12-13H,2-5,10-11,17H2,1H3,(H,18,19). The molecule has 4 heteroatoms. The first-order chi connectivity index (χ1) is 9.65. The number of benzene rings is 1. The lowest BCUT2D eigenvalue weighted by Gasteiger charge is -2.25. The number of ether oxygens (including phenoxy) is 1. The molecule has 110 valence electrons. The van der Waals surface area contributed by atoms with E-state index >= 15 is 0 Å². The van der Waals surface area contributed by atoms with Crippen LogP contribution in [0.15, 0.2) is 24.3 Å². The predicted octanol–water partition coefficient (Wildman–Crippen LogP) is 2.59. The Balaban J connectivity index is 1.63. The average Bonchev–Trinajstić information content (AvgIpc) is 2.46. The van der Waals surface area contributed by atoms with Crippen molar-refractivity contribution >= 4 is 11.6 Å². The zero-order chi connectivity index (χ0) is 14.4. The van der Waals surface area contributed by atoms with Gasteiger partial charge in [-0.25, -0.2) is 0 Å². The highest BCUT2D eigenvalue weighted by atomic mass is 16.5. The second-order valence-corrected chi connectivity index (χ2v) is 5.67. The molecule has 0 spiro atoms. The van der Waals surface area contributed by atoms with Crippen LogP contribution in [0.2, 0.25) is 0 Å². The van der Waals surface area contributed by atoms with E-state index in [4.69, 9.17) is 10.5 Å². The van der Waals surface area contributed by atoms with Crippen molar-refractivity contribution in [2.45, 2.75) is 32.6 Å². The highest BCUT2D eigenvalue weighted by Crippen LogP contribution is 2.28. The molecule has 3 N–H and O–H groups in total. The summed E-state index contributed by atoms with van der Waals surface area (Å²) in [4.78, 5) is 12.0. The normalized spacial score (nSPS) is 22.2. The van der Waals surface area contributed by atoms with Crippen LogP contribution in [0.1, 0.15) is 32.6 Å². The second kappa shape index (κ2) is 7.17. The van der Waals surface area contributed by atoms with Gasteiger partial charge in [0.25, 0.3) is 0 Å². The summed E-state index contributed by atoms with van der Waals surface area (Å²) in [5.74, 6) is 1.92. The summed E-state index contributed by atoms with van der Waals surface area (Å²) >= 11 is 0. The minimum Gasteiger partial charge on any atom is -0.492 e. The monoisotopic (exact) mass is 276 g/mol. The van der Waals surface area contributed by atoms with Crippen LogP contribution in [-0.4, -0.2) is 19.1 Å². The van der Waals surface area contributed by atoms with Crippen molar-refractivity contribution in [1.82, 2.24) is 5.32 Å². The van der Waals surface area contributed by atoms with E-state index in [1.165, 1.54) is 12.8 Å². The number of anilines is 1. The summed E-state index contributed by atoms with van der Waals surface area (Å²) in [5.41, 5.74) is 6.32. The summed E-state index contributed by atoms with van der Waals surface area (Å²) in [7, 11) is 0. The van der Waals surface area contributed by atoms with Crippen LogP contribution in [-0.2, 0) is 4.79 Å². The van der Waals surface area contributed by atoms with Crippen LogP contribution < -0.4 is 15.8 Å². The lowest BCUT2D eigenvalue weighted by molar-refractivity contribution is -0.126. The molecule has 0 bridgehead atoms. The fourth-order valence-corrected chi connectivity index (χ4v) is 2.57. The summed E-state index contributed by atoms with van der Waals surface area (Å²) in [6.07, 6.45) is 4.37. The Morgan fingerprint density at radius 3 is 2.55 bits per heavy atom. The number of nitrogens with one attached hydrogen (secondary N) is 1. The molecule has 1 saturated carbocycles. The van der Waals surface area contributed by atoms with Gasteiger partial charge in [-0.05, 0) is 55.9 Å². The molecule has 0 heterocycles. The largest absolute Gasteiger partial charge is 0.492 e. The maximum atomic E-state index is 12.0. The second-order valence-electron chi connectivity index (χ2n) is 5.67. The number of amides is 1. The minimum absolute atomic E-state index is 0.179. The van der Waals surface area contributed by atoms with Crippen LogP contribution in [0, 0.1) is 11.8 Å². The Morgan fingerprint density at radius 1 is 1.25 bits per heavy atom. The van der Waals surface area contributed by atoms with E-state index < -0.39 is 0 Å². The molecule has 1 aromatic rings. The Bertz CT molecular complexity index is 423. The van der Waals surface area contributed by atoms with Gasteiger partial charge in [0.05, 0.1) is 6.54 Å². The molecule has 1 aliphatic carbocycles. The van der Waals surface area contributed by atoms with Crippen molar-refractivity contribution in [2.24, 2.45) is 11.8 Å². The maximum Gasteiger partial charge on any atom is 0.223 e. The zero-order valence-electron chi connectivity index (χ0n) is 12.1. The van der Waals surface area contributed by atoms with Crippen LogP contribution in [0.3, 0.4) is 0 Å². The van der Waals surface area contributed by atoms with Gasteiger partial charge < -0.3 is 15.8 Å². The third-order valence-electron chi connectivity index (χ3n) is 3.94. The van der Waals surface area contributed by atoms with E-state index in [0.29, 0.717) is 13.2 Å². The lowest BCUT2D eigenvalue weighted by atomic mass is 9.82. The number of nitrogen functional groups attached to an aromatic ring is 1. The Hall–Kier alpha value is -1.71. The number of carbonyl (C=O) groups excluding carboxylic acids is 1. The molecule has 1 aromatic carbocycles. The molecule has 0 radical (unpaired) electrons. The van der Waals surface area contributed by atoms with E-state index in [0.717, 1.165) is 30.2 Å². The number of rotatable bonds is 5. The lowest BCUT2D eigenvalue weighted by Crippen LogP contribution is -2.35. The Labute approximate surface area is 120 Å². The Kier molecular flexibility index (Phi) is 5.27. The molecule has 1 amide bonds. The number of nitrogens with two attached hydrogens (primary N) is 1. The molecule has 2 rings (SSSR count). The molecular formula is C16H24N2O2. The van der Waals surface area contributed by atoms with Gasteiger partial charge in [0.15, 0.2) is 0 Å². The van der Waals surface area contributed by atoms with Gasteiger partial charge in [-0.15, -0.1) is 0 Å². The van der Waals surface area contributed by atoms with E-state index in [9.17, 15) is 4.79 Å². The molecule has 4 nitrogen and oxygen atoms in total. The van der Waals surface area contributed by atoms with Gasteiger partial charge in [-0.2, -0.15) is 0 Å². The minimum atomic E-state index is 0.179. The van der Waals surface area contributed by atoms with Crippen LogP contribution in [0.4, 0.5) is 5.69 Å². The van der Waals surface area contributed by atoms with Gasteiger partial charge in [0.2, 0.25) is 5.91 Å². The molecular weight excluding hydrogens is 252 g/mol. The van der Waals surface area contributed by atoms with E-state index in [-0.39, 0.29) is 11.8 Å². The fraction of sp³-hybridized carbons (Fsp3) is 0.562. The molecule has 1 aliphatic rings. The average molecular weight is 276 g/mol. The molecule has 20 heavy (non-hydrogen) atoms. The quantitative estimate of drug-likeness (QED) is 0.642. The summed E-state index contributed by atoms with van der Waals surface area (Å²) < 4.78 is 5.55. The number of hydrogen-bond acceptors (Lipinski definition) is 3. The van der Waals surface area contributed by atoms with Gasteiger partial charge in [0, 0.05) is 11.6 Å². The fourth-order valence-electron chi connectivity index (χ4n) is 2.57. The first-order valence-electron chi connectivity index (χ1n) is 7.41. The highest BCUT2D eigenvalue weighted by Gasteiger charge is 2.23. The summed E-state index contributed by atoms with van der Waals surface area (Å²) in [6, 6.07) is 7.27. The maximum absolute atomic E-state index is 12.0. The van der Waals surface area contributed by atoms with E-state index in [1.807, 2.05) is 12.1 Å². The SMILES string of the molecule is CC1CCC(C(=O)NCCOc2ccc(N)cc2)CC1. The van der Waals surface area contributed by atoms with Crippen molar-refractivity contribution in [3.05, 3.63) is 24.3 Å². The zero-order valence-corrected chi connectivity index (χ0v) is 12.1. The molecule has 0 unspecified atom stereocenters. The van der Waals surface area contributed by atoms with Crippen LogP contribution in [0.5, 0.6) is 5.75 Å². The van der Waals surface area contributed by atoms with Crippen molar-refractivity contribution in [3.8, 4) is 5.75 Å². The van der Waals surface area contributed by atoms with Crippen molar-refractivity contribution < 1.29 is 9.53 Å². The van der Waals surface area contributed by atoms with Gasteiger partial charge >= 0.3 is 0 Å². The van der Waals surface area contributed by atoms with Crippen LogP contribution >= 0.6 is 0 Å². The van der Waals surface area contributed by atoms with Gasteiger partial charge in [0.1, 0.15) is 12.4 Å². The Morgan fingerprint density at radius 2 is 1.90 bits per heavy atom. The molecule has 1 fully saturated rings. The van der Waals surface area contributed by atoms with Crippen molar-refractivity contribution in [2.75, 3.05) is 18.9 Å². The van der Waals surface area contributed by atoms with E-state index in [1.54, 1.807) is 12.1 Å². The molecule has 0 saturated heterocycles. The third-order valence-corrected chi connectivity index (χ3v) is 3.94. The topological polar surface area (TPSA) is 64.3 Å². The van der Waals surface area contributed by atoms with E-state index in [2.05, 4.69) is 12.2 Å². The van der Waals surface area contributed by atoms with Crippen molar-refractivity contribution in [1.29, 1.82) is 0 Å². The van der Waals surface area contributed by atoms with Gasteiger partial charge in [-0.1, -0.05) is 6.92 Å². The molecule has 0 aliphatic heterocycles. The molecule has 0 aromatic heterocycles. The van der Waals surface area contributed by atoms with Crippen molar-refractivity contribution in [3.63, 3.8) is 0 Å². The number of hydrogen-bond donors (Lipinski definition) is 2. The first-order valence-corrected chi connectivity index (χ1v) is 7.41. The molecule has 0 atom stereocenters. The smallest absolute Gasteiger partial charge is 0.223 e. The van der Waals surface area contributed by atoms with Gasteiger partial charge in [-0.3, -0.25) is 4.79 Å². The summed E-state index contributed by atoms with van der Waals surface area (Å²) in [6.45, 7) is 3.29. The highest BCUT2D eigenvalue weighted by molar-refractivity contribution is 5.78.